The second-order valence-electron chi connectivity index (χ2n) is 4.10. The fourth-order valence-corrected chi connectivity index (χ4v) is 1.99. The third-order valence-electron chi connectivity index (χ3n) is 2.36. The summed E-state index contributed by atoms with van der Waals surface area (Å²) in [5, 5.41) is 4.57. The van der Waals surface area contributed by atoms with Gasteiger partial charge in [0.25, 0.3) is 0 Å². The minimum absolute atomic E-state index is 0.0171. The highest BCUT2D eigenvalue weighted by molar-refractivity contribution is 7.10. The molecule has 5 heteroatoms. The van der Waals surface area contributed by atoms with Gasteiger partial charge in [-0.15, -0.1) is 11.3 Å². The van der Waals surface area contributed by atoms with Gasteiger partial charge in [0, 0.05) is 11.0 Å². The molecule has 0 radical (unpaired) electrons. The highest BCUT2D eigenvalue weighted by atomic mass is 32.1. The van der Waals surface area contributed by atoms with Crippen LogP contribution in [0.15, 0.2) is 23.6 Å². The van der Waals surface area contributed by atoms with E-state index in [4.69, 9.17) is 0 Å². The van der Waals surface area contributed by atoms with Gasteiger partial charge in [-0.1, -0.05) is 19.9 Å². The molecule has 1 N–H and O–H groups in total. The number of amides is 1. The molecule has 0 bridgehead atoms. The number of hydrogen-bond donors (Lipinski definition) is 1. The maximum absolute atomic E-state index is 11.7. The average molecular weight is 267 g/mol. The summed E-state index contributed by atoms with van der Waals surface area (Å²) in [5.41, 5.74) is 0. The van der Waals surface area contributed by atoms with Crippen molar-refractivity contribution in [2.24, 2.45) is 5.92 Å². The highest BCUT2D eigenvalue weighted by Gasteiger charge is 2.23. The van der Waals surface area contributed by atoms with Crippen LogP contribution in [-0.2, 0) is 14.3 Å². The molecule has 18 heavy (non-hydrogen) atoms. The summed E-state index contributed by atoms with van der Waals surface area (Å²) in [6.07, 6.45) is 3.14. The fourth-order valence-electron chi connectivity index (χ4n) is 1.37. The molecule has 0 aliphatic rings. The molecule has 1 rings (SSSR count). The molecule has 4 nitrogen and oxygen atoms in total. The largest absolute Gasteiger partial charge is 0.467 e. The van der Waals surface area contributed by atoms with Crippen LogP contribution in [0.5, 0.6) is 0 Å². The number of thiophene rings is 1. The lowest BCUT2D eigenvalue weighted by Crippen LogP contribution is -2.44. The molecule has 1 atom stereocenters. The van der Waals surface area contributed by atoms with Gasteiger partial charge in [0.05, 0.1) is 7.11 Å². The van der Waals surface area contributed by atoms with Crippen molar-refractivity contribution in [3.63, 3.8) is 0 Å². The molecule has 0 aliphatic heterocycles. The van der Waals surface area contributed by atoms with Crippen LogP contribution in [0.1, 0.15) is 18.7 Å². The third-order valence-corrected chi connectivity index (χ3v) is 3.20. The Hall–Kier alpha value is -1.62. The van der Waals surface area contributed by atoms with Crippen LogP contribution < -0.4 is 5.32 Å². The predicted octanol–water partition coefficient (Wildman–Crippen LogP) is 2.08. The van der Waals surface area contributed by atoms with Crippen molar-refractivity contribution >= 4 is 29.3 Å². The van der Waals surface area contributed by atoms with Crippen LogP contribution in [0.2, 0.25) is 0 Å². The second-order valence-corrected chi connectivity index (χ2v) is 5.08. The van der Waals surface area contributed by atoms with Crippen molar-refractivity contribution in [2.75, 3.05) is 7.11 Å². The Morgan fingerprint density at radius 1 is 1.44 bits per heavy atom. The molecular weight excluding hydrogens is 250 g/mol. The Morgan fingerprint density at radius 3 is 2.67 bits per heavy atom. The van der Waals surface area contributed by atoms with Gasteiger partial charge >= 0.3 is 5.97 Å². The molecule has 0 saturated heterocycles. The molecule has 0 spiro atoms. The first-order chi connectivity index (χ1) is 8.54. The monoisotopic (exact) mass is 267 g/mol. The zero-order chi connectivity index (χ0) is 13.5. The van der Waals surface area contributed by atoms with Gasteiger partial charge < -0.3 is 10.1 Å². The molecule has 0 fully saturated rings. The topological polar surface area (TPSA) is 55.4 Å². The van der Waals surface area contributed by atoms with E-state index in [1.165, 1.54) is 13.2 Å². The van der Waals surface area contributed by atoms with Crippen molar-refractivity contribution in [1.82, 2.24) is 5.32 Å². The van der Waals surface area contributed by atoms with Crippen LogP contribution in [0.25, 0.3) is 6.08 Å². The SMILES string of the molecule is COC(=O)C(NC(=O)C=Cc1cccs1)C(C)C. The van der Waals surface area contributed by atoms with Crippen molar-refractivity contribution in [3.8, 4) is 0 Å². The number of hydrogen-bond acceptors (Lipinski definition) is 4. The molecule has 98 valence electrons. The summed E-state index contributed by atoms with van der Waals surface area (Å²) in [5.74, 6) is -0.744. The summed E-state index contributed by atoms with van der Waals surface area (Å²) in [7, 11) is 1.31. The molecule has 1 amide bonds. The molecule has 0 aliphatic carbocycles. The zero-order valence-electron chi connectivity index (χ0n) is 10.7. The van der Waals surface area contributed by atoms with E-state index < -0.39 is 12.0 Å². The van der Waals surface area contributed by atoms with Crippen LogP contribution in [0.4, 0.5) is 0 Å². The lowest BCUT2D eigenvalue weighted by Gasteiger charge is -2.18. The molecule has 1 aromatic rings. The summed E-state index contributed by atoms with van der Waals surface area (Å²) in [4.78, 5) is 24.1. The highest BCUT2D eigenvalue weighted by Crippen LogP contribution is 2.10. The van der Waals surface area contributed by atoms with Crippen LogP contribution in [0.3, 0.4) is 0 Å². The summed E-state index contributed by atoms with van der Waals surface area (Å²) in [6, 6.07) is 3.21. The van der Waals surface area contributed by atoms with E-state index in [1.807, 2.05) is 31.4 Å². The Morgan fingerprint density at radius 2 is 2.17 bits per heavy atom. The van der Waals surface area contributed by atoms with Gasteiger partial charge in [-0.25, -0.2) is 4.79 Å². The second kappa shape index (κ2) is 6.96. The van der Waals surface area contributed by atoms with E-state index in [1.54, 1.807) is 17.4 Å². The molecule has 1 heterocycles. The normalized spacial score (nSPS) is 12.7. The van der Waals surface area contributed by atoms with Crippen molar-refractivity contribution in [2.45, 2.75) is 19.9 Å². The molecular formula is C13H17NO3S. The van der Waals surface area contributed by atoms with Crippen LogP contribution in [-0.4, -0.2) is 25.0 Å². The first-order valence-corrected chi connectivity index (χ1v) is 6.52. The van der Waals surface area contributed by atoms with Gasteiger partial charge in [-0.05, 0) is 23.4 Å². The quantitative estimate of drug-likeness (QED) is 0.656. The number of carbonyl (C=O) groups is 2. The molecule has 1 unspecified atom stereocenters. The number of methoxy groups -OCH3 is 1. The summed E-state index contributed by atoms with van der Waals surface area (Å²) >= 11 is 1.54. The van der Waals surface area contributed by atoms with Crippen LogP contribution >= 0.6 is 11.3 Å². The first-order valence-electron chi connectivity index (χ1n) is 5.64. The van der Waals surface area contributed by atoms with E-state index in [2.05, 4.69) is 10.1 Å². The standard InChI is InChI=1S/C13H17NO3S/c1-9(2)12(13(16)17-3)14-11(15)7-6-10-5-4-8-18-10/h4-9,12H,1-3H3,(H,14,15). The molecule has 0 aromatic carbocycles. The van der Waals surface area contributed by atoms with Crippen LogP contribution in [0, 0.1) is 5.92 Å². The van der Waals surface area contributed by atoms with Gasteiger partial charge in [-0.3, -0.25) is 4.79 Å². The van der Waals surface area contributed by atoms with E-state index >= 15 is 0 Å². The Bertz CT molecular complexity index is 423. The van der Waals surface area contributed by atoms with E-state index in [-0.39, 0.29) is 11.8 Å². The van der Waals surface area contributed by atoms with Gasteiger partial charge in [0.1, 0.15) is 6.04 Å². The number of nitrogens with one attached hydrogen (secondary N) is 1. The third kappa shape index (κ3) is 4.33. The Labute approximate surface area is 111 Å². The Kier molecular flexibility index (Phi) is 5.58. The van der Waals surface area contributed by atoms with E-state index in [0.29, 0.717) is 0 Å². The maximum Gasteiger partial charge on any atom is 0.328 e. The van der Waals surface area contributed by atoms with E-state index in [0.717, 1.165) is 4.88 Å². The number of ether oxygens (including phenoxy) is 1. The lowest BCUT2D eigenvalue weighted by atomic mass is 10.0. The van der Waals surface area contributed by atoms with Crippen molar-refractivity contribution < 1.29 is 14.3 Å². The van der Waals surface area contributed by atoms with Gasteiger partial charge in [-0.2, -0.15) is 0 Å². The minimum Gasteiger partial charge on any atom is -0.467 e. The zero-order valence-corrected chi connectivity index (χ0v) is 11.5. The van der Waals surface area contributed by atoms with E-state index in [9.17, 15) is 9.59 Å². The first kappa shape index (κ1) is 14.4. The predicted molar refractivity (Wildman–Crippen MR) is 72.1 cm³/mol. The number of rotatable bonds is 5. The number of carbonyl (C=O) groups excluding carboxylic acids is 2. The fraction of sp³-hybridized carbons (Fsp3) is 0.385. The molecule has 0 saturated carbocycles. The minimum atomic E-state index is -0.615. The lowest BCUT2D eigenvalue weighted by molar-refractivity contribution is -0.145. The number of esters is 1. The van der Waals surface area contributed by atoms with Gasteiger partial charge in [0.15, 0.2) is 0 Å². The summed E-state index contributed by atoms with van der Waals surface area (Å²) in [6.45, 7) is 3.70. The smallest absolute Gasteiger partial charge is 0.328 e. The van der Waals surface area contributed by atoms with Crippen molar-refractivity contribution in [3.05, 3.63) is 28.5 Å². The Balaban J connectivity index is 2.59. The average Bonchev–Trinajstić information content (AvgIpc) is 2.85. The summed E-state index contributed by atoms with van der Waals surface area (Å²) < 4.78 is 4.65. The maximum atomic E-state index is 11.7. The van der Waals surface area contributed by atoms with Gasteiger partial charge in [0.2, 0.25) is 5.91 Å². The molecule has 1 aromatic heterocycles. The van der Waals surface area contributed by atoms with Crippen molar-refractivity contribution in [1.29, 1.82) is 0 Å².